The Hall–Kier alpha value is -0.610. The molecule has 1 amide bonds. The fourth-order valence-corrected chi connectivity index (χ4v) is 1.97. The van der Waals surface area contributed by atoms with Crippen LogP contribution in [0.4, 0.5) is 0 Å². The van der Waals surface area contributed by atoms with Gasteiger partial charge < -0.3 is 15.4 Å². The van der Waals surface area contributed by atoms with Gasteiger partial charge in [-0.2, -0.15) is 0 Å². The third kappa shape index (κ3) is 3.47. The summed E-state index contributed by atoms with van der Waals surface area (Å²) in [6, 6.07) is -0.0576. The molecular weight excluding hydrogens is 192 g/mol. The number of methoxy groups -OCH3 is 1. The SMILES string of the molecule is COC1CN(C(=O)CC(C)N)CCC1C. The summed E-state index contributed by atoms with van der Waals surface area (Å²) in [5, 5.41) is 0. The van der Waals surface area contributed by atoms with Crippen LogP contribution in [0, 0.1) is 5.92 Å². The van der Waals surface area contributed by atoms with E-state index in [4.69, 9.17) is 10.5 Å². The van der Waals surface area contributed by atoms with Gasteiger partial charge in [-0.05, 0) is 19.3 Å². The van der Waals surface area contributed by atoms with Crippen molar-refractivity contribution in [3.63, 3.8) is 0 Å². The molecule has 0 aromatic heterocycles. The summed E-state index contributed by atoms with van der Waals surface area (Å²) in [5.41, 5.74) is 5.62. The maximum atomic E-state index is 11.8. The Balaban J connectivity index is 2.47. The first-order valence-corrected chi connectivity index (χ1v) is 5.60. The van der Waals surface area contributed by atoms with E-state index in [-0.39, 0.29) is 18.1 Å². The van der Waals surface area contributed by atoms with E-state index >= 15 is 0 Å². The van der Waals surface area contributed by atoms with Gasteiger partial charge in [-0.3, -0.25) is 4.79 Å². The van der Waals surface area contributed by atoms with E-state index in [1.54, 1.807) is 7.11 Å². The lowest BCUT2D eigenvalue weighted by atomic mass is 9.95. The van der Waals surface area contributed by atoms with Crippen LogP contribution in [0.3, 0.4) is 0 Å². The maximum Gasteiger partial charge on any atom is 0.224 e. The number of carbonyl (C=O) groups is 1. The lowest BCUT2D eigenvalue weighted by Gasteiger charge is -2.36. The number of amides is 1. The molecule has 1 saturated heterocycles. The van der Waals surface area contributed by atoms with Gasteiger partial charge in [-0.1, -0.05) is 6.92 Å². The molecule has 1 fully saturated rings. The molecule has 0 aromatic rings. The minimum absolute atomic E-state index is 0.0576. The van der Waals surface area contributed by atoms with E-state index < -0.39 is 0 Å². The number of nitrogens with zero attached hydrogens (tertiary/aromatic N) is 1. The Morgan fingerprint density at radius 2 is 2.33 bits per heavy atom. The quantitative estimate of drug-likeness (QED) is 0.749. The lowest BCUT2D eigenvalue weighted by molar-refractivity contribution is -0.136. The Labute approximate surface area is 91.8 Å². The van der Waals surface area contributed by atoms with Crippen LogP contribution in [0.25, 0.3) is 0 Å². The zero-order valence-electron chi connectivity index (χ0n) is 9.90. The van der Waals surface area contributed by atoms with Gasteiger partial charge in [0.2, 0.25) is 5.91 Å². The predicted molar refractivity (Wildman–Crippen MR) is 59.4 cm³/mol. The van der Waals surface area contributed by atoms with Crippen molar-refractivity contribution in [3.8, 4) is 0 Å². The van der Waals surface area contributed by atoms with Gasteiger partial charge >= 0.3 is 0 Å². The van der Waals surface area contributed by atoms with Gasteiger partial charge in [0.25, 0.3) is 0 Å². The predicted octanol–water partition coefficient (Wildman–Crippen LogP) is 0.607. The first-order valence-electron chi connectivity index (χ1n) is 5.60. The third-order valence-corrected chi connectivity index (χ3v) is 3.04. The van der Waals surface area contributed by atoms with Crippen molar-refractivity contribution in [2.75, 3.05) is 20.2 Å². The molecule has 0 bridgehead atoms. The van der Waals surface area contributed by atoms with Crippen LogP contribution in [0.2, 0.25) is 0 Å². The summed E-state index contributed by atoms with van der Waals surface area (Å²) >= 11 is 0. The molecular formula is C11H22N2O2. The van der Waals surface area contributed by atoms with Gasteiger partial charge in [0.1, 0.15) is 0 Å². The zero-order chi connectivity index (χ0) is 11.4. The molecule has 15 heavy (non-hydrogen) atoms. The summed E-state index contributed by atoms with van der Waals surface area (Å²) in [6.07, 6.45) is 1.63. The Bertz CT molecular complexity index is 219. The van der Waals surface area contributed by atoms with Crippen molar-refractivity contribution >= 4 is 5.91 Å². The fourth-order valence-electron chi connectivity index (χ4n) is 1.97. The van der Waals surface area contributed by atoms with Crippen LogP contribution < -0.4 is 5.73 Å². The zero-order valence-corrected chi connectivity index (χ0v) is 9.90. The molecule has 4 nitrogen and oxygen atoms in total. The average Bonchev–Trinajstić information content (AvgIpc) is 2.17. The molecule has 1 rings (SSSR count). The summed E-state index contributed by atoms with van der Waals surface area (Å²) in [4.78, 5) is 13.6. The highest BCUT2D eigenvalue weighted by Crippen LogP contribution is 2.19. The van der Waals surface area contributed by atoms with E-state index in [0.29, 0.717) is 18.9 Å². The number of ether oxygens (including phenoxy) is 1. The highest BCUT2D eigenvalue weighted by molar-refractivity contribution is 5.76. The summed E-state index contributed by atoms with van der Waals surface area (Å²) in [6.45, 7) is 5.58. The van der Waals surface area contributed by atoms with Crippen LogP contribution >= 0.6 is 0 Å². The van der Waals surface area contributed by atoms with E-state index in [0.717, 1.165) is 13.0 Å². The van der Waals surface area contributed by atoms with E-state index in [1.807, 2.05) is 11.8 Å². The average molecular weight is 214 g/mol. The van der Waals surface area contributed by atoms with Gasteiger partial charge in [-0.15, -0.1) is 0 Å². The normalized spacial score (nSPS) is 28.9. The number of hydrogen-bond donors (Lipinski definition) is 1. The van der Waals surface area contributed by atoms with Gasteiger partial charge in [-0.25, -0.2) is 0 Å². The second kappa shape index (κ2) is 5.47. The van der Waals surface area contributed by atoms with E-state index in [1.165, 1.54) is 0 Å². The number of piperidine rings is 1. The van der Waals surface area contributed by atoms with Crippen molar-refractivity contribution in [2.45, 2.75) is 38.8 Å². The highest BCUT2D eigenvalue weighted by Gasteiger charge is 2.28. The van der Waals surface area contributed by atoms with Crippen molar-refractivity contribution in [2.24, 2.45) is 11.7 Å². The molecule has 2 N–H and O–H groups in total. The molecule has 88 valence electrons. The topological polar surface area (TPSA) is 55.6 Å². The summed E-state index contributed by atoms with van der Waals surface area (Å²) in [7, 11) is 1.71. The first-order chi connectivity index (χ1) is 7.04. The fraction of sp³-hybridized carbons (Fsp3) is 0.909. The van der Waals surface area contributed by atoms with Gasteiger partial charge in [0.05, 0.1) is 6.10 Å². The molecule has 4 heteroatoms. The van der Waals surface area contributed by atoms with Crippen LogP contribution in [-0.2, 0) is 9.53 Å². The second-order valence-electron chi connectivity index (χ2n) is 4.56. The van der Waals surface area contributed by atoms with Crippen molar-refractivity contribution in [3.05, 3.63) is 0 Å². The Morgan fingerprint density at radius 1 is 1.67 bits per heavy atom. The molecule has 1 aliphatic rings. The molecule has 1 heterocycles. The second-order valence-corrected chi connectivity index (χ2v) is 4.56. The summed E-state index contributed by atoms with van der Waals surface area (Å²) < 4.78 is 5.36. The molecule has 3 atom stereocenters. The number of carbonyl (C=O) groups excluding carboxylic acids is 1. The Kier molecular flexibility index (Phi) is 4.54. The molecule has 1 aliphatic heterocycles. The monoisotopic (exact) mass is 214 g/mol. The Morgan fingerprint density at radius 3 is 2.87 bits per heavy atom. The molecule has 0 saturated carbocycles. The maximum absolute atomic E-state index is 11.8. The van der Waals surface area contributed by atoms with E-state index in [9.17, 15) is 4.79 Å². The van der Waals surface area contributed by atoms with Crippen molar-refractivity contribution < 1.29 is 9.53 Å². The van der Waals surface area contributed by atoms with E-state index in [2.05, 4.69) is 6.92 Å². The standard InChI is InChI=1S/C11H22N2O2/c1-8-4-5-13(7-10(8)15-3)11(14)6-9(2)12/h8-10H,4-7,12H2,1-3H3. The highest BCUT2D eigenvalue weighted by atomic mass is 16.5. The lowest BCUT2D eigenvalue weighted by Crippen LogP contribution is -2.47. The van der Waals surface area contributed by atoms with Crippen LogP contribution in [0.15, 0.2) is 0 Å². The van der Waals surface area contributed by atoms with Crippen LogP contribution in [0.5, 0.6) is 0 Å². The molecule has 0 radical (unpaired) electrons. The largest absolute Gasteiger partial charge is 0.379 e. The minimum atomic E-state index is -0.0576. The van der Waals surface area contributed by atoms with Crippen molar-refractivity contribution in [1.29, 1.82) is 0 Å². The number of hydrogen-bond acceptors (Lipinski definition) is 3. The van der Waals surface area contributed by atoms with Gasteiger partial charge in [0.15, 0.2) is 0 Å². The first kappa shape index (κ1) is 12.5. The minimum Gasteiger partial charge on any atom is -0.379 e. The molecule has 0 aliphatic carbocycles. The van der Waals surface area contributed by atoms with Gasteiger partial charge in [0, 0.05) is 32.7 Å². The van der Waals surface area contributed by atoms with Crippen LogP contribution in [-0.4, -0.2) is 43.2 Å². The number of rotatable bonds is 3. The summed E-state index contributed by atoms with van der Waals surface area (Å²) in [5.74, 6) is 0.688. The number of nitrogens with two attached hydrogens (primary N) is 1. The molecule has 0 spiro atoms. The molecule has 3 unspecified atom stereocenters. The van der Waals surface area contributed by atoms with Crippen molar-refractivity contribution in [1.82, 2.24) is 4.90 Å². The third-order valence-electron chi connectivity index (χ3n) is 3.04. The smallest absolute Gasteiger partial charge is 0.224 e. The molecule has 0 aromatic carbocycles. The van der Waals surface area contributed by atoms with Crippen LogP contribution in [0.1, 0.15) is 26.7 Å². The number of likely N-dealkylation sites (tertiary alicyclic amines) is 1.